The lowest BCUT2D eigenvalue weighted by Gasteiger charge is -2.35. The molecule has 1 fully saturated rings. The van der Waals surface area contributed by atoms with E-state index in [-0.39, 0.29) is 0 Å². The molecule has 9 heavy (non-hydrogen) atoms. The molecule has 3 heteroatoms. The van der Waals surface area contributed by atoms with Gasteiger partial charge in [0.05, 0.1) is 6.67 Å². The predicted molar refractivity (Wildman–Crippen MR) is 35.0 cm³/mol. The third-order valence-electron chi connectivity index (χ3n) is 1.40. The molecule has 2 nitrogen and oxygen atoms in total. The third kappa shape index (κ3) is 1.91. The first-order valence-corrected chi connectivity index (χ1v) is 3.19. The van der Waals surface area contributed by atoms with E-state index in [0.717, 1.165) is 6.67 Å². The van der Waals surface area contributed by atoms with Gasteiger partial charge in [0.25, 0.3) is 0 Å². The molecular formula is C6H13FN2. The average molecular weight is 132 g/mol. The molecule has 1 rings (SSSR count). The summed E-state index contributed by atoms with van der Waals surface area (Å²) in [5.74, 6) is 0. The van der Waals surface area contributed by atoms with Crippen LogP contribution in [0.5, 0.6) is 0 Å². The maximum Gasteiger partial charge on any atom is 0.125 e. The lowest BCUT2D eigenvalue weighted by molar-refractivity contribution is 0.0305. The summed E-state index contributed by atoms with van der Waals surface area (Å²) in [5.41, 5.74) is 0. The van der Waals surface area contributed by atoms with Gasteiger partial charge in [-0.1, -0.05) is 0 Å². The van der Waals surface area contributed by atoms with Gasteiger partial charge in [-0.2, -0.15) is 0 Å². The molecule has 1 aliphatic heterocycles. The molecule has 1 saturated heterocycles. The Labute approximate surface area is 55.2 Å². The van der Waals surface area contributed by atoms with Crippen molar-refractivity contribution in [2.45, 2.75) is 6.17 Å². The summed E-state index contributed by atoms with van der Waals surface area (Å²) in [4.78, 5) is 4.12. The van der Waals surface area contributed by atoms with Crippen LogP contribution in [0.3, 0.4) is 0 Å². The number of halogens is 1. The molecule has 1 aliphatic rings. The summed E-state index contributed by atoms with van der Waals surface area (Å²) in [6.07, 6.45) is -0.565. The van der Waals surface area contributed by atoms with Crippen LogP contribution in [0.4, 0.5) is 4.39 Å². The summed E-state index contributed by atoms with van der Waals surface area (Å²) in [6, 6.07) is 0. The Morgan fingerprint density at radius 2 is 2.11 bits per heavy atom. The Kier molecular flexibility index (Phi) is 2.03. The van der Waals surface area contributed by atoms with Crippen LogP contribution >= 0.6 is 0 Å². The van der Waals surface area contributed by atoms with Crippen molar-refractivity contribution < 1.29 is 4.39 Å². The van der Waals surface area contributed by atoms with Gasteiger partial charge in [-0.25, -0.2) is 4.39 Å². The molecule has 0 aliphatic carbocycles. The first kappa shape index (κ1) is 6.96. The van der Waals surface area contributed by atoms with Crippen molar-refractivity contribution in [3.05, 3.63) is 0 Å². The van der Waals surface area contributed by atoms with Gasteiger partial charge in [-0.15, -0.1) is 0 Å². The van der Waals surface area contributed by atoms with E-state index < -0.39 is 6.17 Å². The molecule has 0 radical (unpaired) electrons. The number of hydrogen-bond donors (Lipinski definition) is 0. The quantitative estimate of drug-likeness (QED) is 0.528. The van der Waals surface area contributed by atoms with Crippen LogP contribution in [-0.2, 0) is 0 Å². The van der Waals surface area contributed by atoms with E-state index in [1.54, 1.807) is 0 Å². The Hall–Kier alpha value is -0.150. The van der Waals surface area contributed by atoms with Gasteiger partial charge in [-0.3, -0.25) is 9.80 Å². The zero-order valence-corrected chi connectivity index (χ0v) is 5.97. The third-order valence-corrected chi connectivity index (χ3v) is 1.40. The molecule has 0 unspecified atom stereocenters. The van der Waals surface area contributed by atoms with Crippen molar-refractivity contribution in [3.8, 4) is 0 Å². The first-order chi connectivity index (χ1) is 4.18. The molecule has 0 N–H and O–H groups in total. The van der Waals surface area contributed by atoms with Crippen LogP contribution in [0.15, 0.2) is 0 Å². The molecule has 0 atom stereocenters. The molecule has 0 amide bonds. The number of hydrogen-bond acceptors (Lipinski definition) is 2. The molecule has 0 aromatic rings. The maximum atomic E-state index is 12.2. The largest absolute Gasteiger partial charge is 0.297 e. The molecule has 54 valence electrons. The highest BCUT2D eigenvalue weighted by Gasteiger charge is 2.25. The van der Waals surface area contributed by atoms with E-state index in [9.17, 15) is 4.39 Å². The average Bonchev–Trinajstić information content (AvgIpc) is 1.60. The minimum absolute atomic E-state index is 0.565. The Morgan fingerprint density at radius 1 is 1.56 bits per heavy atom. The zero-order valence-electron chi connectivity index (χ0n) is 5.97. The first-order valence-electron chi connectivity index (χ1n) is 3.19. The molecule has 0 bridgehead atoms. The highest BCUT2D eigenvalue weighted by molar-refractivity contribution is 4.77. The van der Waals surface area contributed by atoms with Crippen molar-refractivity contribution >= 4 is 0 Å². The summed E-state index contributed by atoms with van der Waals surface area (Å²) in [7, 11) is 3.98. The van der Waals surface area contributed by atoms with Crippen LogP contribution in [0.1, 0.15) is 0 Å². The normalized spacial score (nSPS) is 22.7. The van der Waals surface area contributed by atoms with E-state index in [2.05, 4.69) is 4.90 Å². The van der Waals surface area contributed by atoms with Crippen LogP contribution in [-0.4, -0.2) is 49.8 Å². The number of alkyl halides is 1. The standard InChI is InChI=1S/C6H13FN2/c1-8(2)5-9-3-6(7)4-9/h6H,3-5H2,1-2H3. The second-order valence-corrected chi connectivity index (χ2v) is 2.85. The maximum absolute atomic E-state index is 12.2. The second kappa shape index (κ2) is 2.62. The molecule has 0 spiro atoms. The zero-order chi connectivity index (χ0) is 6.85. The SMILES string of the molecule is CN(C)CN1CC(F)C1. The van der Waals surface area contributed by atoms with Crippen molar-refractivity contribution in [1.82, 2.24) is 9.80 Å². The van der Waals surface area contributed by atoms with Crippen molar-refractivity contribution in [2.75, 3.05) is 33.9 Å². The smallest absolute Gasteiger partial charge is 0.125 e. The molecule has 0 aromatic heterocycles. The molecule has 0 aromatic carbocycles. The highest BCUT2D eigenvalue weighted by Crippen LogP contribution is 2.09. The summed E-state index contributed by atoms with van der Waals surface area (Å²) in [6.45, 7) is 2.14. The Morgan fingerprint density at radius 3 is 2.44 bits per heavy atom. The van der Waals surface area contributed by atoms with Crippen molar-refractivity contribution in [1.29, 1.82) is 0 Å². The fourth-order valence-corrected chi connectivity index (χ4v) is 1.02. The molecule has 0 saturated carbocycles. The van der Waals surface area contributed by atoms with E-state index in [1.807, 2.05) is 19.0 Å². The monoisotopic (exact) mass is 132 g/mol. The highest BCUT2D eigenvalue weighted by atomic mass is 19.1. The van der Waals surface area contributed by atoms with E-state index in [1.165, 1.54) is 0 Å². The number of nitrogens with zero attached hydrogens (tertiary/aromatic N) is 2. The van der Waals surface area contributed by atoms with Gasteiger partial charge in [0, 0.05) is 13.1 Å². The number of likely N-dealkylation sites (tertiary alicyclic amines) is 1. The van der Waals surface area contributed by atoms with E-state index in [0.29, 0.717) is 13.1 Å². The lowest BCUT2D eigenvalue weighted by Crippen LogP contribution is -2.51. The van der Waals surface area contributed by atoms with Gasteiger partial charge in [0.2, 0.25) is 0 Å². The minimum atomic E-state index is -0.565. The van der Waals surface area contributed by atoms with Gasteiger partial charge in [0.15, 0.2) is 0 Å². The lowest BCUT2D eigenvalue weighted by atomic mass is 10.2. The second-order valence-electron chi connectivity index (χ2n) is 2.85. The summed E-state index contributed by atoms with van der Waals surface area (Å²) in [5, 5.41) is 0. The van der Waals surface area contributed by atoms with Crippen molar-refractivity contribution in [2.24, 2.45) is 0 Å². The topological polar surface area (TPSA) is 6.48 Å². The predicted octanol–water partition coefficient (Wildman–Crippen LogP) is 0.159. The molecule has 1 heterocycles. The fraction of sp³-hybridized carbons (Fsp3) is 1.00. The van der Waals surface area contributed by atoms with Gasteiger partial charge < -0.3 is 0 Å². The van der Waals surface area contributed by atoms with Crippen molar-refractivity contribution in [3.63, 3.8) is 0 Å². The minimum Gasteiger partial charge on any atom is -0.297 e. The van der Waals surface area contributed by atoms with Crippen LogP contribution in [0.25, 0.3) is 0 Å². The molecular weight excluding hydrogens is 119 g/mol. The van der Waals surface area contributed by atoms with Gasteiger partial charge >= 0.3 is 0 Å². The van der Waals surface area contributed by atoms with Crippen LogP contribution < -0.4 is 0 Å². The van der Waals surface area contributed by atoms with Gasteiger partial charge in [-0.05, 0) is 14.1 Å². The fourth-order valence-electron chi connectivity index (χ4n) is 1.02. The summed E-state index contributed by atoms with van der Waals surface area (Å²) >= 11 is 0. The Bertz CT molecular complexity index is 89.1. The van der Waals surface area contributed by atoms with Crippen LogP contribution in [0.2, 0.25) is 0 Å². The van der Waals surface area contributed by atoms with Gasteiger partial charge in [0.1, 0.15) is 6.17 Å². The van der Waals surface area contributed by atoms with Crippen LogP contribution in [0, 0.1) is 0 Å². The van der Waals surface area contributed by atoms with E-state index >= 15 is 0 Å². The van der Waals surface area contributed by atoms with E-state index in [4.69, 9.17) is 0 Å². The number of rotatable bonds is 2. The summed E-state index contributed by atoms with van der Waals surface area (Å²) < 4.78 is 12.2. The Balaban J connectivity index is 2.04.